The molecule has 10 heteroatoms. The van der Waals surface area contributed by atoms with Crippen LogP contribution in [-0.2, 0) is 9.84 Å². The van der Waals surface area contributed by atoms with Gasteiger partial charge >= 0.3 is 0 Å². The summed E-state index contributed by atoms with van der Waals surface area (Å²) in [5, 5.41) is 13.2. The van der Waals surface area contributed by atoms with Crippen molar-refractivity contribution in [3.8, 4) is 0 Å². The predicted molar refractivity (Wildman–Crippen MR) is 87.3 cm³/mol. The van der Waals surface area contributed by atoms with E-state index in [1.54, 1.807) is 6.92 Å². The Labute approximate surface area is 143 Å². The van der Waals surface area contributed by atoms with Crippen LogP contribution in [0.4, 0.5) is 14.6 Å². The summed E-state index contributed by atoms with van der Waals surface area (Å²) in [7, 11) is -3.66. The first-order valence-electron chi connectivity index (χ1n) is 7.73. The Hall–Kier alpha value is -1.94. The first kappa shape index (κ1) is 17.9. The average molecular weight is 372 g/mol. The normalized spacial score (nSPS) is 24.2. The summed E-state index contributed by atoms with van der Waals surface area (Å²) < 4.78 is 49.6. The van der Waals surface area contributed by atoms with Gasteiger partial charge in [-0.25, -0.2) is 32.2 Å². The zero-order valence-corrected chi connectivity index (χ0v) is 14.5. The highest BCUT2D eigenvalue weighted by atomic mass is 32.2. The standard InChI is InChI=1S/C15H18F2N4O3S/c1-15(22)5-3-4-10(15)20-13-11-8(6-9(19-13)12(16)17)7-18-14(21-11)25(2,23)24/h6-7,10,12,22H,3-5H2,1-2H3,(H,19,20)/t10-,15-/m1/s1. The van der Waals surface area contributed by atoms with E-state index in [9.17, 15) is 22.3 Å². The van der Waals surface area contributed by atoms with Gasteiger partial charge in [0.05, 0.1) is 11.6 Å². The minimum Gasteiger partial charge on any atom is -0.388 e. The number of aliphatic hydroxyl groups is 1. The van der Waals surface area contributed by atoms with Gasteiger partial charge in [0.1, 0.15) is 11.2 Å². The van der Waals surface area contributed by atoms with Crippen LogP contribution in [-0.4, -0.2) is 46.4 Å². The molecule has 0 radical (unpaired) electrons. The summed E-state index contributed by atoms with van der Waals surface area (Å²) >= 11 is 0. The van der Waals surface area contributed by atoms with Gasteiger partial charge in [-0.05, 0) is 32.3 Å². The lowest BCUT2D eigenvalue weighted by Crippen LogP contribution is -2.39. The maximum Gasteiger partial charge on any atom is 0.280 e. The molecule has 0 saturated heterocycles. The lowest BCUT2D eigenvalue weighted by atomic mass is 10.0. The number of hydrogen-bond acceptors (Lipinski definition) is 7. The number of rotatable bonds is 4. The molecule has 2 aromatic rings. The summed E-state index contributed by atoms with van der Waals surface area (Å²) in [6.07, 6.45) is 1.33. The van der Waals surface area contributed by atoms with Crippen LogP contribution in [0.1, 0.15) is 38.3 Å². The molecule has 1 aliphatic rings. The highest BCUT2D eigenvalue weighted by molar-refractivity contribution is 7.90. The molecule has 7 nitrogen and oxygen atoms in total. The first-order valence-corrected chi connectivity index (χ1v) is 9.62. The van der Waals surface area contributed by atoms with Gasteiger partial charge in [-0.15, -0.1) is 0 Å². The summed E-state index contributed by atoms with van der Waals surface area (Å²) in [5.41, 5.74) is -1.35. The number of fused-ring (bicyclic) bond motifs is 1. The van der Waals surface area contributed by atoms with Crippen molar-refractivity contribution in [2.24, 2.45) is 0 Å². The van der Waals surface area contributed by atoms with Gasteiger partial charge in [0.25, 0.3) is 6.43 Å². The topological polar surface area (TPSA) is 105 Å². The zero-order valence-electron chi connectivity index (χ0n) is 13.7. The summed E-state index contributed by atoms with van der Waals surface area (Å²) in [6, 6.07) is 0.733. The number of nitrogens with one attached hydrogen (secondary N) is 1. The summed E-state index contributed by atoms with van der Waals surface area (Å²) in [6.45, 7) is 1.66. The van der Waals surface area contributed by atoms with Gasteiger partial charge in [-0.1, -0.05) is 0 Å². The fourth-order valence-corrected chi connectivity index (χ4v) is 3.48. The average Bonchev–Trinajstić information content (AvgIpc) is 2.84. The maximum atomic E-state index is 13.1. The van der Waals surface area contributed by atoms with Crippen molar-refractivity contribution in [2.45, 2.75) is 49.4 Å². The van der Waals surface area contributed by atoms with E-state index in [4.69, 9.17) is 0 Å². The Morgan fingerprint density at radius 1 is 1.40 bits per heavy atom. The Morgan fingerprint density at radius 3 is 2.68 bits per heavy atom. The minimum absolute atomic E-state index is 0.0206. The van der Waals surface area contributed by atoms with E-state index in [-0.39, 0.29) is 16.7 Å². The van der Waals surface area contributed by atoms with Gasteiger partial charge in [-0.3, -0.25) is 0 Å². The van der Waals surface area contributed by atoms with Crippen LogP contribution < -0.4 is 5.32 Å². The fourth-order valence-electron chi connectivity index (χ4n) is 2.98. The molecule has 25 heavy (non-hydrogen) atoms. The van der Waals surface area contributed by atoms with Crippen molar-refractivity contribution in [2.75, 3.05) is 11.6 Å². The van der Waals surface area contributed by atoms with E-state index >= 15 is 0 Å². The highest BCUT2D eigenvalue weighted by Crippen LogP contribution is 2.34. The molecule has 0 unspecified atom stereocenters. The second-order valence-corrected chi connectivity index (χ2v) is 8.41. The SMILES string of the molecule is C[C@@]1(O)CCC[C@H]1Nc1nc(C(F)F)cc2cnc(S(C)(=O)=O)nc12. The smallest absolute Gasteiger partial charge is 0.280 e. The van der Waals surface area contributed by atoms with Gasteiger partial charge in [0, 0.05) is 17.8 Å². The third kappa shape index (κ3) is 3.54. The van der Waals surface area contributed by atoms with Crippen LogP contribution in [0.5, 0.6) is 0 Å². The predicted octanol–water partition coefficient (Wildman–Crippen LogP) is 2.08. The van der Waals surface area contributed by atoms with E-state index in [2.05, 4.69) is 20.3 Å². The van der Waals surface area contributed by atoms with E-state index in [0.29, 0.717) is 12.8 Å². The van der Waals surface area contributed by atoms with Gasteiger partial charge < -0.3 is 10.4 Å². The van der Waals surface area contributed by atoms with E-state index < -0.39 is 38.8 Å². The van der Waals surface area contributed by atoms with Crippen LogP contribution >= 0.6 is 0 Å². The number of halogens is 2. The second kappa shape index (κ2) is 6.10. The van der Waals surface area contributed by atoms with Crippen LogP contribution in [0.2, 0.25) is 0 Å². The van der Waals surface area contributed by atoms with Gasteiger partial charge in [0.15, 0.2) is 5.82 Å². The van der Waals surface area contributed by atoms with Crippen LogP contribution in [0.25, 0.3) is 10.9 Å². The molecule has 136 valence electrons. The molecule has 0 spiro atoms. The Morgan fingerprint density at radius 2 is 2.12 bits per heavy atom. The molecule has 2 heterocycles. The zero-order chi connectivity index (χ0) is 18.4. The van der Waals surface area contributed by atoms with Gasteiger partial charge in [0.2, 0.25) is 15.0 Å². The number of sulfone groups is 1. The summed E-state index contributed by atoms with van der Waals surface area (Å²) in [4.78, 5) is 11.6. The van der Waals surface area contributed by atoms with Crippen molar-refractivity contribution < 1.29 is 22.3 Å². The lowest BCUT2D eigenvalue weighted by Gasteiger charge is -2.27. The number of alkyl halides is 2. The first-order chi connectivity index (χ1) is 11.6. The van der Waals surface area contributed by atoms with E-state index in [1.165, 1.54) is 6.20 Å². The molecule has 0 aliphatic heterocycles. The van der Waals surface area contributed by atoms with Crippen molar-refractivity contribution in [1.29, 1.82) is 0 Å². The van der Waals surface area contributed by atoms with Crippen LogP contribution in [0.3, 0.4) is 0 Å². The van der Waals surface area contributed by atoms with Crippen molar-refractivity contribution in [3.05, 3.63) is 18.0 Å². The van der Waals surface area contributed by atoms with Crippen molar-refractivity contribution >= 4 is 26.6 Å². The molecule has 0 amide bonds. The minimum atomic E-state index is -3.66. The molecular formula is C15H18F2N4O3S. The number of nitrogens with zero attached hydrogens (tertiary/aromatic N) is 3. The highest BCUT2D eigenvalue weighted by Gasteiger charge is 2.37. The quantitative estimate of drug-likeness (QED) is 0.792. The second-order valence-electron chi connectivity index (χ2n) is 6.51. The van der Waals surface area contributed by atoms with Gasteiger partial charge in [-0.2, -0.15) is 0 Å². The molecule has 2 N–H and O–H groups in total. The third-order valence-electron chi connectivity index (χ3n) is 4.36. The maximum absolute atomic E-state index is 13.1. The number of pyridine rings is 1. The largest absolute Gasteiger partial charge is 0.388 e. The van der Waals surface area contributed by atoms with Crippen molar-refractivity contribution in [3.63, 3.8) is 0 Å². The Bertz CT molecular complexity index is 918. The number of aromatic nitrogens is 3. The molecule has 2 atom stereocenters. The molecule has 1 aliphatic carbocycles. The monoisotopic (exact) mass is 372 g/mol. The number of hydrogen-bond donors (Lipinski definition) is 2. The van der Waals surface area contributed by atoms with E-state index in [1.807, 2.05) is 0 Å². The Kier molecular flexibility index (Phi) is 4.36. The fraction of sp³-hybridized carbons (Fsp3) is 0.533. The summed E-state index contributed by atoms with van der Waals surface area (Å²) in [5.74, 6) is 0.0206. The molecular weight excluding hydrogens is 354 g/mol. The molecule has 0 aromatic carbocycles. The number of anilines is 1. The van der Waals surface area contributed by atoms with Crippen molar-refractivity contribution in [1.82, 2.24) is 15.0 Å². The lowest BCUT2D eigenvalue weighted by molar-refractivity contribution is 0.0577. The molecule has 2 aromatic heterocycles. The Balaban J connectivity index is 2.15. The molecule has 3 rings (SSSR count). The molecule has 1 fully saturated rings. The molecule has 1 saturated carbocycles. The third-order valence-corrected chi connectivity index (χ3v) is 5.22. The molecule has 0 bridgehead atoms. The van der Waals surface area contributed by atoms with Crippen LogP contribution in [0, 0.1) is 0 Å². The van der Waals surface area contributed by atoms with Crippen LogP contribution in [0.15, 0.2) is 17.4 Å². The van der Waals surface area contributed by atoms with E-state index in [0.717, 1.165) is 18.7 Å².